The van der Waals surface area contributed by atoms with Crippen molar-refractivity contribution in [1.82, 2.24) is 37.6 Å². The van der Waals surface area contributed by atoms with Crippen molar-refractivity contribution in [1.29, 1.82) is 0 Å². The first-order chi connectivity index (χ1) is 39.8. The fourth-order valence-corrected chi connectivity index (χ4v) is 11.0. The van der Waals surface area contributed by atoms with Gasteiger partial charge in [0, 0.05) is 5.92 Å². The highest BCUT2D eigenvalue weighted by Crippen LogP contribution is 2.22. The van der Waals surface area contributed by atoms with Crippen molar-refractivity contribution < 1.29 is 33.6 Å². The number of amides is 7. The SMILES string of the molecule is CCCCCCCCCCCCCCCCC(CCCCCCCCCCCCCCCC)C(=O)N[C@@H](CCCCN)C(=O)N[C@@H](CC(C)C)C(=O)N[C@@H](C)C(=O)N[C@@H](CC(C)C)C(=O)N[C@@H](CCCCN)C(=O)N[C@@H](CC(C)C)C([NH])=O. The van der Waals surface area contributed by atoms with E-state index < -0.39 is 71.7 Å². The van der Waals surface area contributed by atoms with E-state index in [-0.39, 0.29) is 55.3 Å². The molecule has 0 aromatic rings. The number of nitrogens with two attached hydrogens (primary N) is 2. The van der Waals surface area contributed by atoms with Crippen LogP contribution in [0.25, 0.3) is 0 Å². The van der Waals surface area contributed by atoms with Crippen molar-refractivity contribution >= 4 is 41.4 Å². The number of carbonyl (C=O) groups is 7. The van der Waals surface area contributed by atoms with Crippen LogP contribution < -0.4 is 49.1 Å². The Labute approximate surface area is 507 Å². The third kappa shape index (κ3) is 43.5. The maximum absolute atomic E-state index is 14.4. The molecule has 0 heterocycles. The average molecular weight is 1170 g/mol. The highest BCUT2D eigenvalue weighted by Gasteiger charge is 2.33. The molecule has 0 aliphatic carbocycles. The monoisotopic (exact) mass is 1170 g/mol. The molecule has 0 aromatic carbocycles. The molecule has 485 valence electrons. The molecule has 0 aromatic heterocycles. The molecule has 16 nitrogen and oxygen atoms in total. The minimum Gasteiger partial charge on any atom is -0.344 e. The Morgan fingerprint density at radius 1 is 0.301 bits per heavy atom. The Kier molecular flexibility index (Phi) is 50.1. The van der Waals surface area contributed by atoms with Gasteiger partial charge in [0.2, 0.25) is 35.4 Å². The van der Waals surface area contributed by atoms with Crippen LogP contribution in [0.5, 0.6) is 0 Å². The molecule has 11 N–H and O–H groups in total. The van der Waals surface area contributed by atoms with Gasteiger partial charge in [0.05, 0.1) is 0 Å². The molecule has 16 heteroatoms. The normalized spacial score (nSPS) is 13.8. The summed E-state index contributed by atoms with van der Waals surface area (Å²) in [4.78, 5) is 96.4. The summed E-state index contributed by atoms with van der Waals surface area (Å²) in [7, 11) is 0. The van der Waals surface area contributed by atoms with Crippen LogP contribution in [-0.4, -0.2) is 90.7 Å². The maximum Gasteiger partial charge on any atom is 0.260 e. The van der Waals surface area contributed by atoms with Gasteiger partial charge < -0.3 is 43.4 Å². The molecule has 0 unspecified atom stereocenters. The lowest BCUT2D eigenvalue weighted by atomic mass is 9.92. The molecule has 0 aliphatic heterocycles. The number of rotatable bonds is 57. The zero-order chi connectivity index (χ0) is 62.0. The van der Waals surface area contributed by atoms with Crippen LogP contribution >= 0.6 is 0 Å². The van der Waals surface area contributed by atoms with Crippen molar-refractivity contribution in [3.63, 3.8) is 0 Å². The number of carbonyl (C=O) groups excluding carboxylic acids is 7. The predicted octanol–water partition coefficient (Wildman–Crippen LogP) is 12.5. The van der Waals surface area contributed by atoms with E-state index in [4.69, 9.17) is 17.2 Å². The van der Waals surface area contributed by atoms with Crippen molar-refractivity contribution in [2.45, 2.75) is 349 Å². The molecular weight excluding hydrogens is 1040 g/mol. The van der Waals surface area contributed by atoms with Gasteiger partial charge in [-0.25, -0.2) is 0 Å². The van der Waals surface area contributed by atoms with Gasteiger partial charge in [-0.3, -0.25) is 39.3 Å². The first-order valence-corrected chi connectivity index (χ1v) is 34.3. The highest BCUT2D eigenvalue weighted by molar-refractivity contribution is 5.97. The first kappa shape index (κ1) is 79.2. The molecule has 0 saturated heterocycles. The van der Waals surface area contributed by atoms with Gasteiger partial charge in [0.1, 0.15) is 36.3 Å². The quantitative estimate of drug-likeness (QED) is 0.0269. The van der Waals surface area contributed by atoms with Crippen molar-refractivity contribution in [3.05, 3.63) is 0 Å². The van der Waals surface area contributed by atoms with E-state index in [1.807, 2.05) is 41.5 Å². The fourth-order valence-electron chi connectivity index (χ4n) is 11.0. The first-order valence-electron chi connectivity index (χ1n) is 34.3. The van der Waals surface area contributed by atoms with E-state index in [1.165, 1.54) is 148 Å². The van der Waals surface area contributed by atoms with Gasteiger partial charge in [0.25, 0.3) is 5.91 Å². The molecule has 0 spiro atoms. The van der Waals surface area contributed by atoms with E-state index in [2.05, 4.69) is 45.7 Å². The lowest BCUT2D eigenvalue weighted by molar-refractivity contribution is -0.136. The Bertz CT molecular complexity index is 1650. The van der Waals surface area contributed by atoms with Crippen LogP contribution in [-0.2, 0) is 33.6 Å². The molecule has 1 radical (unpaired) electrons. The molecule has 83 heavy (non-hydrogen) atoms. The van der Waals surface area contributed by atoms with E-state index in [0.29, 0.717) is 45.2 Å². The summed E-state index contributed by atoms with van der Waals surface area (Å²) >= 11 is 0. The summed E-state index contributed by atoms with van der Waals surface area (Å²) in [5.41, 5.74) is 19.4. The number of unbranched alkanes of at least 4 members (excludes halogenated alkanes) is 28. The topological polar surface area (TPSA) is 268 Å². The predicted molar refractivity (Wildman–Crippen MR) is 343 cm³/mol. The zero-order valence-electron chi connectivity index (χ0n) is 54.8. The number of hydrogen-bond acceptors (Lipinski definition) is 9. The highest BCUT2D eigenvalue weighted by atomic mass is 16.2. The van der Waals surface area contributed by atoms with Crippen molar-refractivity contribution in [2.75, 3.05) is 13.1 Å². The number of hydrogen-bond donors (Lipinski definition) is 8. The van der Waals surface area contributed by atoms with E-state index >= 15 is 0 Å². The largest absolute Gasteiger partial charge is 0.344 e. The smallest absolute Gasteiger partial charge is 0.260 e. The molecule has 0 rings (SSSR count). The summed E-state index contributed by atoms with van der Waals surface area (Å²) in [5, 5.41) is 17.1. The molecule has 7 amide bonds. The molecular formula is C67H130N9O7. The Morgan fingerprint density at radius 2 is 0.554 bits per heavy atom. The van der Waals surface area contributed by atoms with Crippen molar-refractivity contribution in [2.24, 2.45) is 35.1 Å². The van der Waals surface area contributed by atoms with Gasteiger partial charge in [-0.1, -0.05) is 235 Å². The summed E-state index contributed by atoms with van der Waals surface area (Å²) < 4.78 is 0. The standard InChI is InChI=1S/C67H130N9O7/c1-10-12-14-16-18-20-22-24-26-28-30-32-34-36-42-55(43-37-35-33-31-29-27-25-23-21-19-17-15-13-11-2)63(79)72-56(44-38-40-46-68)65(81)76-59(49-52(5)6)66(82)71-54(9)62(78)75-60(50-53(7)8)67(83)73-57(45-39-41-47-69)64(80)74-58(61(70)77)48-51(3)4/h51-60,70H,10-50,68-69H2,1-9H3,(H,71,82)(H,72,79)(H,73,83)(H,74,80)(H,75,78)(H,76,81)/t54-,56-,57-,58-,59-,60-/m0/s1. The molecule has 6 atom stereocenters. The summed E-state index contributed by atoms with van der Waals surface area (Å²) in [6.07, 6.45) is 40.7. The minimum atomic E-state index is -1.12. The van der Waals surface area contributed by atoms with Crippen LogP contribution in [0.15, 0.2) is 0 Å². The zero-order valence-corrected chi connectivity index (χ0v) is 54.8. The molecule has 0 bridgehead atoms. The lowest BCUT2D eigenvalue weighted by Crippen LogP contribution is -2.59. The van der Waals surface area contributed by atoms with E-state index in [0.717, 1.165) is 51.4 Å². The maximum atomic E-state index is 14.4. The van der Waals surface area contributed by atoms with Crippen molar-refractivity contribution in [3.8, 4) is 0 Å². The lowest BCUT2D eigenvalue weighted by Gasteiger charge is -2.28. The fraction of sp³-hybridized carbons (Fsp3) is 0.896. The molecule has 0 fully saturated rings. The summed E-state index contributed by atoms with van der Waals surface area (Å²) in [5.74, 6) is -4.17. The summed E-state index contributed by atoms with van der Waals surface area (Å²) in [6.45, 7) is 18.3. The van der Waals surface area contributed by atoms with Gasteiger partial charge in [-0.05, 0) is 108 Å². The van der Waals surface area contributed by atoms with Crippen LogP contribution in [0.3, 0.4) is 0 Å². The van der Waals surface area contributed by atoms with Crippen LogP contribution in [0.4, 0.5) is 0 Å². The number of nitrogens with one attached hydrogen (secondary N) is 7. The second kappa shape index (κ2) is 52.5. The van der Waals surface area contributed by atoms with Crippen LogP contribution in [0, 0.1) is 23.7 Å². The molecule has 0 aliphatic rings. The third-order valence-corrected chi connectivity index (χ3v) is 16.1. The van der Waals surface area contributed by atoms with E-state index in [1.54, 1.807) is 0 Å². The minimum absolute atomic E-state index is 0.0194. The van der Waals surface area contributed by atoms with Gasteiger partial charge >= 0.3 is 0 Å². The van der Waals surface area contributed by atoms with Gasteiger partial charge in [-0.15, -0.1) is 0 Å². The van der Waals surface area contributed by atoms with E-state index in [9.17, 15) is 33.6 Å². The second-order valence-corrected chi connectivity index (χ2v) is 25.8. The Morgan fingerprint density at radius 3 is 0.880 bits per heavy atom. The molecule has 0 saturated carbocycles. The average Bonchev–Trinajstić information content (AvgIpc) is 3.44. The Hall–Kier alpha value is -3.79. The summed E-state index contributed by atoms with van der Waals surface area (Å²) in [6, 6.07) is -6.18. The van der Waals surface area contributed by atoms with Gasteiger partial charge in [-0.2, -0.15) is 0 Å². The Balaban J connectivity index is 6.03. The van der Waals surface area contributed by atoms with Crippen LogP contribution in [0.2, 0.25) is 0 Å². The second-order valence-electron chi connectivity index (χ2n) is 25.8. The third-order valence-electron chi connectivity index (χ3n) is 16.1. The van der Waals surface area contributed by atoms with Gasteiger partial charge in [0.15, 0.2) is 0 Å². The van der Waals surface area contributed by atoms with Crippen LogP contribution in [0.1, 0.15) is 313 Å².